The summed E-state index contributed by atoms with van der Waals surface area (Å²) in [5.74, 6) is -0.270. The maximum atomic E-state index is 12.9. The molecule has 1 aromatic rings. The molecule has 1 N–H and O–H groups in total. The number of aliphatic hydroxyl groups is 1. The highest BCUT2D eigenvalue weighted by atomic mass is 19.1. The van der Waals surface area contributed by atoms with Crippen molar-refractivity contribution in [3.63, 3.8) is 0 Å². The Morgan fingerprint density at radius 2 is 2.18 bits per heavy atom. The van der Waals surface area contributed by atoms with Crippen molar-refractivity contribution in [2.45, 2.75) is 20.0 Å². The predicted octanol–water partition coefficient (Wildman–Crippen LogP) is 2.68. The molecule has 1 rings (SSSR count). The summed E-state index contributed by atoms with van der Waals surface area (Å²) in [7, 11) is 1.93. The molecule has 1 atom stereocenters. The molecule has 0 aliphatic carbocycles. The standard InChI is InChI=1S/C14H20FNO/c1-10(2)8-16(4)9-14(17)13-6-5-12(15)7-11(13)3/h5-7,14,17H,1,8-9H2,2-4H3. The third-order valence-corrected chi connectivity index (χ3v) is 2.62. The van der Waals surface area contributed by atoms with Gasteiger partial charge in [-0.15, -0.1) is 0 Å². The normalized spacial score (nSPS) is 12.8. The van der Waals surface area contributed by atoms with Gasteiger partial charge in [0.05, 0.1) is 6.10 Å². The smallest absolute Gasteiger partial charge is 0.123 e. The maximum absolute atomic E-state index is 12.9. The molecule has 0 fully saturated rings. The van der Waals surface area contributed by atoms with Gasteiger partial charge in [0.15, 0.2) is 0 Å². The molecule has 0 aliphatic rings. The van der Waals surface area contributed by atoms with Gasteiger partial charge in [0.25, 0.3) is 0 Å². The first-order valence-corrected chi connectivity index (χ1v) is 5.67. The first-order chi connectivity index (χ1) is 7.90. The molecule has 0 amide bonds. The van der Waals surface area contributed by atoms with Crippen molar-refractivity contribution in [3.8, 4) is 0 Å². The zero-order valence-corrected chi connectivity index (χ0v) is 10.7. The van der Waals surface area contributed by atoms with E-state index in [1.807, 2.05) is 18.9 Å². The topological polar surface area (TPSA) is 23.5 Å². The Kier molecular flexibility index (Phi) is 4.85. The van der Waals surface area contributed by atoms with Gasteiger partial charge in [-0.1, -0.05) is 18.2 Å². The molecule has 0 aromatic heterocycles. The fraction of sp³-hybridized carbons (Fsp3) is 0.429. The number of aliphatic hydroxyl groups excluding tert-OH is 1. The molecule has 0 spiro atoms. The van der Waals surface area contributed by atoms with Crippen molar-refractivity contribution in [2.75, 3.05) is 20.1 Å². The van der Waals surface area contributed by atoms with Gasteiger partial charge < -0.3 is 5.11 Å². The fourth-order valence-electron chi connectivity index (χ4n) is 1.93. The number of halogens is 1. The van der Waals surface area contributed by atoms with Crippen molar-refractivity contribution in [2.24, 2.45) is 0 Å². The van der Waals surface area contributed by atoms with Gasteiger partial charge in [0, 0.05) is 13.1 Å². The van der Waals surface area contributed by atoms with Crippen LogP contribution in [0.3, 0.4) is 0 Å². The van der Waals surface area contributed by atoms with E-state index >= 15 is 0 Å². The Morgan fingerprint density at radius 3 is 2.71 bits per heavy atom. The Hall–Kier alpha value is -1.19. The number of aryl methyl sites for hydroxylation is 1. The number of likely N-dealkylation sites (N-methyl/N-ethyl adjacent to an activating group) is 1. The zero-order valence-electron chi connectivity index (χ0n) is 10.7. The van der Waals surface area contributed by atoms with Gasteiger partial charge in [-0.2, -0.15) is 0 Å². The molecule has 0 saturated carbocycles. The molecule has 0 heterocycles. The molecule has 0 radical (unpaired) electrons. The van der Waals surface area contributed by atoms with Crippen LogP contribution in [0.25, 0.3) is 0 Å². The predicted molar refractivity (Wildman–Crippen MR) is 68.4 cm³/mol. The van der Waals surface area contributed by atoms with Gasteiger partial charge in [-0.3, -0.25) is 4.90 Å². The summed E-state index contributed by atoms with van der Waals surface area (Å²) >= 11 is 0. The molecular weight excluding hydrogens is 217 g/mol. The van der Waals surface area contributed by atoms with Crippen molar-refractivity contribution in [1.29, 1.82) is 0 Å². The van der Waals surface area contributed by atoms with Crippen molar-refractivity contribution in [1.82, 2.24) is 4.90 Å². The Bertz CT molecular complexity index is 403. The Morgan fingerprint density at radius 1 is 1.53 bits per heavy atom. The summed E-state index contributed by atoms with van der Waals surface area (Å²) in [4.78, 5) is 2.00. The SMILES string of the molecule is C=C(C)CN(C)CC(O)c1ccc(F)cc1C. The number of nitrogens with zero attached hydrogens (tertiary/aromatic N) is 1. The minimum atomic E-state index is -0.597. The number of hydrogen-bond donors (Lipinski definition) is 1. The average Bonchev–Trinajstić information content (AvgIpc) is 2.15. The largest absolute Gasteiger partial charge is 0.387 e. The highest BCUT2D eigenvalue weighted by Crippen LogP contribution is 2.19. The fourth-order valence-corrected chi connectivity index (χ4v) is 1.93. The summed E-state index contributed by atoms with van der Waals surface area (Å²) in [6, 6.07) is 4.46. The van der Waals surface area contributed by atoms with Gasteiger partial charge in [0.1, 0.15) is 5.82 Å². The first-order valence-electron chi connectivity index (χ1n) is 5.67. The first kappa shape index (κ1) is 13.9. The molecule has 17 heavy (non-hydrogen) atoms. The maximum Gasteiger partial charge on any atom is 0.123 e. The third kappa shape index (κ3) is 4.29. The van der Waals surface area contributed by atoms with E-state index in [1.165, 1.54) is 12.1 Å². The van der Waals surface area contributed by atoms with Gasteiger partial charge >= 0.3 is 0 Å². The zero-order chi connectivity index (χ0) is 13.0. The van der Waals surface area contributed by atoms with E-state index in [-0.39, 0.29) is 5.82 Å². The van der Waals surface area contributed by atoms with E-state index in [9.17, 15) is 9.50 Å². The molecule has 94 valence electrons. The van der Waals surface area contributed by atoms with Crippen molar-refractivity contribution < 1.29 is 9.50 Å². The molecule has 0 bridgehead atoms. The molecular formula is C14H20FNO. The van der Waals surface area contributed by atoms with Crippen LogP contribution in [0.1, 0.15) is 24.2 Å². The van der Waals surface area contributed by atoms with Crippen LogP contribution in [0.5, 0.6) is 0 Å². The van der Waals surface area contributed by atoms with Crippen molar-refractivity contribution in [3.05, 3.63) is 47.3 Å². The van der Waals surface area contributed by atoms with Crippen LogP contribution >= 0.6 is 0 Å². The van der Waals surface area contributed by atoms with E-state index in [1.54, 1.807) is 13.0 Å². The van der Waals surface area contributed by atoms with Crippen LogP contribution in [0, 0.1) is 12.7 Å². The lowest BCUT2D eigenvalue weighted by Crippen LogP contribution is -2.26. The minimum absolute atomic E-state index is 0.270. The second-order valence-electron chi connectivity index (χ2n) is 4.67. The van der Waals surface area contributed by atoms with Gasteiger partial charge in [-0.25, -0.2) is 4.39 Å². The number of benzene rings is 1. The van der Waals surface area contributed by atoms with Crippen LogP contribution in [0.4, 0.5) is 4.39 Å². The third-order valence-electron chi connectivity index (χ3n) is 2.62. The lowest BCUT2D eigenvalue weighted by molar-refractivity contribution is 0.130. The summed E-state index contributed by atoms with van der Waals surface area (Å²) in [6.07, 6.45) is -0.597. The lowest BCUT2D eigenvalue weighted by atomic mass is 10.0. The average molecular weight is 237 g/mol. The Labute approximate surface area is 102 Å². The minimum Gasteiger partial charge on any atom is -0.387 e. The van der Waals surface area contributed by atoms with E-state index < -0.39 is 6.10 Å². The van der Waals surface area contributed by atoms with E-state index in [0.29, 0.717) is 6.54 Å². The lowest BCUT2D eigenvalue weighted by Gasteiger charge is -2.21. The van der Waals surface area contributed by atoms with E-state index in [0.717, 1.165) is 23.2 Å². The molecule has 1 aromatic carbocycles. The Balaban J connectivity index is 2.69. The summed E-state index contributed by atoms with van der Waals surface area (Å²) < 4.78 is 12.9. The van der Waals surface area contributed by atoms with E-state index in [2.05, 4.69) is 6.58 Å². The monoisotopic (exact) mass is 237 g/mol. The second kappa shape index (κ2) is 5.94. The van der Waals surface area contributed by atoms with Crippen LogP contribution in [-0.2, 0) is 0 Å². The molecule has 0 saturated heterocycles. The highest BCUT2D eigenvalue weighted by Gasteiger charge is 2.13. The second-order valence-corrected chi connectivity index (χ2v) is 4.67. The van der Waals surface area contributed by atoms with Crippen LogP contribution < -0.4 is 0 Å². The molecule has 2 nitrogen and oxygen atoms in total. The van der Waals surface area contributed by atoms with E-state index in [4.69, 9.17) is 0 Å². The summed E-state index contributed by atoms with van der Waals surface area (Å²) in [5, 5.41) is 10.1. The van der Waals surface area contributed by atoms with Crippen LogP contribution in [-0.4, -0.2) is 30.1 Å². The number of rotatable bonds is 5. The highest BCUT2D eigenvalue weighted by molar-refractivity contribution is 5.28. The molecule has 1 unspecified atom stereocenters. The molecule has 3 heteroatoms. The van der Waals surface area contributed by atoms with Crippen LogP contribution in [0.15, 0.2) is 30.4 Å². The van der Waals surface area contributed by atoms with Crippen LogP contribution in [0.2, 0.25) is 0 Å². The summed E-state index contributed by atoms with van der Waals surface area (Å²) in [5.41, 5.74) is 2.61. The van der Waals surface area contributed by atoms with Crippen molar-refractivity contribution >= 4 is 0 Å². The molecule has 0 aliphatic heterocycles. The number of hydrogen-bond acceptors (Lipinski definition) is 2. The quantitative estimate of drug-likeness (QED) is 0.796. The van der Waals surface area contributed by atoms with Gasteiger partial charge in [-0.05, 0) is 44.2 Å². The summed E-state index contributed by atoms with van der Waals surface area (Å²) in [6.45, 7) is 8.85. The van der Waals surface area contributed by atoms with Gasteiger partial charge in [0.2, 0.25) is 0 Å².